The van der Waals surface area contributed by atoms with Crippen LogP contribution in [0.25, 0.3) is 0 Å². The molecule has 1 spiro atoms. The van der Waals surface area contributed by atoms with E-state index >= 15 is 0 Å². The number of amides is 1. The minimum Gasteiger partial charge on any atom is -0.380 e. The van der Waals surface area contributed by atoms with Gasteiger partial charge in [0.05, 0.1) is 29.2 Å². The Morgan fingerprint density at radius 1 is 1.11 bits per heavy atom. The lowest BCUT2D eigenvalue weighted by molar-refractivity contribution is -0.132. The molecule has 0 saturated carbocycles. The van der Waals surface area contributed by atoms with E-state index in [9.17, 15) is 4.79 Å². The van der Waals surface area contributed by atoms with E-state index in [-0.39, 0.29) is 23.5 Å². The maximum absolute atomic E-state index is 11.7. The van der Waals surface area contributed by atoms with Crippen molar-refractivity contribution in [2.24, 2.45) is 11.1 Å². The Labute approximate surface area is 222 Å². The molecule has 4 heterocycles. The highest BCUT2D eigenvalue weighted by atomic mass is 35.5. The van der Waals surface area contributed by atoms with Gasteiger partial charge in [-0.2, -0.15) is 0 Å². The second-order valence-electron chi connectivity index (χ2n) is 10.2. The SMILES string of the molecule is CO[C@H]1CCN(c2cccc(Sc3cnc(N4CCC5(CCN(C(C)=O)CC5N)CC4)cn3)c2Cl)C1. The summed E-state index contributed by atoms with van der Waals surface area (Å²) in [5, 5.41) is 1.57. The average Bonchev–Trinajstić information content (AvgIpc) is 3.37. The molecule has 1 aromatic heterocycles. The molecule has 1 unspecified atom stereocenters. The molecule has 36 heavy (non-hydrogen) atoms. The predicted molar refractivity (Wildman–Crippen MR) is 144 cm³/mol. The molecule has 3 saturated heterocycles. The van der Waals surface area contributed by atoms with Crippen molar-refractivity contribution in [1.82, 2.24) is 14.9 Å². The van der Waals surface area contributed by atoms with Crippen LogP contribution in [0.3, 0.4) is 0 Å². The second kappa shape index (κ2) is 10.7. The van der Waals surface area contributed by atoms with Gasteiger partial charge in [-0.25, -0.2) is 9.97 Å². The van der Waals surface area contributed by atoms with Gasteiger partial charge in [0.1, 0.15) is 10.8 Å². The number of hydrogen-bond acceptors (Lipinski definition) is 8. The van der Waals surface area contributed by atoms with Crippen molar-refractivity contribution < 1.29 is 9.53 Å². The van der Waals surface area contributed by atoms with Crippen LogP contribution in [0, 0.1) is 5.41 Å². The van der Waals surface area contributed by atoms with Crippen LogP contribution >= 0.6 is 23.4 Å². The Hall–Kier alpha value is -2.07. The third kappa shape index (κ3) is 5.16. The number of aromatic nitrogens is 2. The monoisotopic (exact) mass is 530 g/mol. The molecule has 3 aliphatic rings. The molecule has 0 aliphatic carbocycles. The third-order valence-corrected chi connectivity index (χ3v) is 9.69. The third-order valence-electron chi connectivity index (χ3n) is 8.20. The highest BCUT2D eigenvalue weighted by Gasteiger charge is 2.43. The molecule has 0 bridgehead atoms. The highest BCUT2D eigenvalue weighted by Crippen LogP contribution is 2.42. The molecule has 1 amide bonds. The summed E-state index contributed by atoms with van der Waals surface area (Å²) >= 11 is 8.34. The molecular formula is C26H35ClN6O2S. The lowest BCUT2D eigenvalue weighted by atomic mass is 9.68. The minimum atomic E-state index is 0.0311. The molecule has 194 valence electrons. The first-order valence-electron chi connectivity index (χ1n) is 12.7. The summed E-state index contributed by atoms with van der Waals surface area (Å²) in [6.45, 7) is 6.71. The van der Waals surface area contributed by atoms with Gasteiger partial charge in [0.2, 0.25) is 5.91 Å². The first-order valence-corrected chi connectivity index (χ1v) is 13.9. The summed E-state index contributed by atoms with van der Waals surface area (Å²) in [5.74, 6) is 1.02. The van der Waals surface area contributed by atoms with Crippen LogP contribution in [-0.2, 0) is 9.53 Å². The Balaban J connectivity index is 1.20. The van der Waals surface area contributed by atoms with E-state index in [0.717, 1.165) is 84.9 Å². The summed E-state index contributed by atoms with van der Waals surface area (Å²) in [4.78, 5) is 28.6. The van der Waals surface area contributed by atoms with Gasteiger partial charge >= 0.3 is 0 Å². The van der Waals surface area contributed by atoms with Crippen molar-refractivity contribution in [3.63, 3.8) is 0 Å². The second-order valence-corrected chi connectivity index (χ2v) is 11.6. The standard InChI is InChI=1S/C26H35ClN6O2S/c1-18(34)32-13-9-26(22(28)17-32)7-11-31(12-8-26)23-14-30-24(15-29-23)36-21-5-3-4-20(25(21)27)33-10-6-19(16-33)35-2/h3-5,14-15,19,22H,6-13,16-17,28H2,1-2H3/t19-,22?/m0/s1. The zero-order valence-corrected chi connectivity index (χ0v) is 22.6. The van der Waals surface area contributed by atoms with Crippen LogP contribution < -0.4 is 15.5 Å². The molecular weight excluding hydrogens is 496 g/mol. The fraction of sp³-hybridized carbons (Fsp3) is 0.577. The van der Waals surface area contributed by atoms with E-state index in [1.807, 2.05) is 29.4 Å². The number of nitrogens with zero attached hydrogens (tertiary/aromatic N) is 5. The molecule has 3 aliphatic heterocycles. The number of piperidine rings is 2. The fourth-order valence-electron chi connectivity index (χ4n) is 5.75. The number of benzene rings is 1. The largest absolute Gasteiger partial charge is 0.380 e. The van der Waals surface area contributed by atoms with Crippen LogP contribution in [0.5, 0.6) is 0 Å². The molecule has 2 aromatic rings. The van der Waals surface area contributed by atoms with Crippen LogP contribution in [0.2, 0.25) is 5.02 Å². The number of carbonyl (C=O) groups excluding carboxylic acids is 1. The van der Waals surface area contributed by atoms with E-state index in [2.05, 4.69) is 20.9 Å². The minimum absolute atomic E-state index is 0.0311. The molecule has 8 nitrogen and oxygen atoms in total. The van der Waals surface area contributed by atoms with Crippen molar-refractivity contribution in [3.8, 4) is 0 Å². The maximum Gasteiger partial charge on any atom is 0.219 e. The summed E-state index contributed by atoms with van der Waals surface area (Å²) in [6.07, 6.45) is 7.97. The topological polar surface area (TPSA) is 87.8 Å². The van der Waals surface area contributed by atoms with E-state index in [0.29, 0.717) is 6.54 Å². The Morgan fingerprint density at radius 3 is 2.53 bits per heavy atom. The normalized spacial score (nSPS) is 23.9. The van der Waals surface area contributed by atoms with Gasteiger partial charge in [-0.1, -0.05) is 29.4 Å². The zero-order chi connectivity index (χ0) is 25.3. The van der Waals surface area contributed by atoms with E-state index in [1.54, 1.807) is 14.0 Å². The van der Waals surface area contributed by atoms with Crippen molar-refractivity contribution in [1.29, 1.82) is 0 Å². The lowest BCUT2D eigenvalue weighted by Gasteiger charge is -2.50. The van der Waals surface area contributed by atoms with Crippen molar-refractivity contribution in [2.45, 2.75) is 54.7 Å². The molecule has 2 N–H and O–H groups in total. The Kier molecular flexibility index (Phi) is 7.62. The zero-order valence-electron chi connectivity index (χ0n) is 21.0. The number of likely N-dealkylation sites (tertiary alicyclic amines) is 1. The summed E-state index contributed by atoms with van der Waals surface area (Å²) in [5.41, 5.74) is 7.72. The molecule has 1 aromatic carbocycles. The highest BCUT2D eigenvalue weighted by molar-refractivity contribution is 7.99. The van der Waals surface area contributed by atoms with Crippen molar-refractivity contribution >= 4 is 40.8 Å². The number of carbonyl (C=O) groups is 1. The van der Waals surface area contributed by atoms with Gasteiger partial charge in [-0.05, 0) is 43.2 Å². The van der Waals surface area contributed by atoms with Gasteiger partial charge < -0.3 is 25.2 Å². The predicted octanol–water partition coefficient (Wildman–Crippen LogP) is 3.67. The number of nitrogens with two attached hydrogens (primary N) is 1. The van der Waals surface area contributed by atoms with Gasteiger partial charge in [0, 0.05) is 64.2 Å². The van der Waals surface area contributed by atoms with Gasteiger partial charge in [-0.15, -0.1) is 0 Å². The first kappa shape index (κ1) is 25.6. The molecule has 10 heteroatoms. The molecule has 2 atom stereocenters. The van der Waals surface area contributed by atoms with Crippen LogP contribution in [-0.4, -0.2) is 79.3 Å². The number of rotatable bonds is 5. The smallest absolute Gasteiger partial charge is 0.219 e. The Morgan fingerprint density at radius 2 is 1.89 bits per heavy atom. The number of methoxy groups -OCH3 is 1. The number of ether oxygens (including phenoxy) is 1. The van der Waals surface area contributed by atoms with E-state index < -0.39 is 0 Å². The first-order chi connectivity index (χ1) is 17.4. The molecule has 5 rings (SSSR count). The summed E-state index contributed by atoms with van der Waals surface area (Å²) in [7, 11) is 1.76. The number of anilines is 2. The molecule has 3 fully saturated rings. The summed E-state index contributed by atoms with van der Waals surface area (Å²) in [6, 6.07) is 6.17. The Bertz CT molecular complexity index is 1080. The van der Waals surface area contributed by atoms with Gasteiger partial charge in [-0.3, -0.25) is 4.79 Å². The lowest BCUT2D eigenvalue weighted by Crippen LogP contribution is -2.59. The quantitative estimate of drug-likeness (QED) is 0.626. The maximum atomic E-state index is 11.7. The summed E-state index contributed by atoms with van der Waals surface area (Å²) < 4.78 is 5.51. The van der Waals surface area contributed by atoms with Crippen LogP contribution in [0.4, 0.5) is 11.5 Å². The van der Waals surface area contributed by atoms with Crippen LogP contribution in [0.15, 0.2) is 40.5 Å². The van der Waals surface area contributed by atoms with Gasteiger partial charge in [0.15, 0.2) is 0 Å². The number of halogens is 1. The van der Waals surface area contributed by atoms with E-state index in [4.69, 9.17) is 27.1 Å². The average molecular weight is 531 g/mol. The number of hydrogen-bond donors (Lipinski definition) is 1. The molecule has 0 radical (unpaired) electrons. The van der Waals surface area contributed by atoms with Crippen molar-refractivity contribution in [2.75, 3.05) is 56.2 Å². The van der Waals surface area contributed by atoms with Crippen LogP contribution in [0.1, 0.15) is 32.6 Å². The van der Waals surface area contributed by atoms with Gasteiger partial charge in [0.25, 0.3) is 0 Å². The fourth-order valence-corrected chi connectivity index (χ4v) is 6.89. The van der Waals surface area contributed by atoms with E-state index in [1.165, 1.54) is 11.8 Å². The van der Waals surface area contributed by atoms with Crippen molar-refractivity contribution in [3.05, 3.63) is 35.6 Å².